The lowest BCUT2D eigenvalue weighted by molar-refractivity contribution is 0.0602. The Morgan fingerprint density at radius 3 is 2.30 bits per heavy atom. The van der Waals surface area contributed by atoms with E-state index in [4.69, 9.17) is 23.2 Å². The van der Waals surface area contributed by atoms with Crippen LogP contribution < -0.4 is 4.72 Å². The summed E-state index contributed by atoms with van der Waals surface area (Å²) in [5.41, 5.74) is 0.533. The van der Waals surface area contributed by atoms with Gasteiger partial charge in [0, 0.05) is 15.6 Å². The minimum atomic E-state index is -3.82. The minimum absolute atomic E-state index is 0.115. The monoisotopic (exact) mass is 373 g/mol. The molecule has 0 bridgehead atoms. The van der Waals surface area contributed by atoms with Crippen molar-refractivity contribution in [1.29, 1.82) is 0 Å². The first kappa shape index (κ1) is 17.6. The number of methoxy groups -OCH3 is 1. The van der Waals surface area contributed by atoms with Crippen LogP contribution in [0.3, 0.4) is 0 Å². The molecular weight excluding hydrogens is 361 g/mol. The first-order chi connectivity index (χ1) is 10.8. The molecule has 0 aromatic heterocycles. The molecule has 5 nitrogen and oxygen atoms in total. The summed E-state index contributed by atoms with van der Waals surface area (Å²) in [6, 6.07) is 10.9. The van der Waals surface area contributed by atoms with E-state index in [0.29, 0.717) is 5.56 Å². The van der Waals surface area contributed by atoms with Gasteiger partial charge in [0.15, 0.2) is 0 Å². The van der Waals surface area contributed by atoms with E-state index in [2.05, 4.69) is 9.46 Å². The molecule has 0 radical (unpaired) electrons. The van der Waals surface area contributed by atoms with Crippen molar-refractivity contribution in [1.82, 2.24) is 0 Å². The molecule has 0 amide bonds. The van der Waals surface area contributed by atoms with Gasteiger partial charge in [0.05, 0.1) is 24.1 Å². The van der Waals surface area contributed by atoms with Crippen LogP contribution in [0.25, 0.3) is 0 Å². The molecule has 0 spiro atoms. The average Bonchev–Trinajstić information content (AvgIpc) is 2.50. The van der Waals surface area contributed by atoms with E-state index in [1.807, 2.05) is 0 Å². The number of anilines is 1. The summed E-state index contributed by atoms with van der Waals surface area (Å²) in [4.78, 5) is 11.7. The standard InChI is InChI=1S/C15H13Cl2NO4S/c1-22-15(19)10-5-2-3-8-14(10)18-23(20,21)9-11-12(16)6-4-7-13(11)17/h2-8,18H,9H2,1H3. The highest BCUT2D eigenvalue weighted by atomic mass is 35.5. The molecule has 2 aromatic carbocycles. The topological polar surface area (TPSA) is 72.5 Å². The van der Waals surface area contributed by atoms with Crippen molar-refractivity contribution in [2.24, 2.45) is 0 Å². The van der Waals surface area contributed by atoms with Gasteiger partial charge in [0.25, 0.3) is 0 Å². The lowest BCUT2D eigenvalue weighted by Gasteiger charge is -2.12. The summed E-state index contributed by atoms with van der Waals surface area (Å²) < 4.78 is 31.7. The van der Waals surface area contributed by atoms with Gasteiger partial charge in [-0.15, -0.1) is 0 Å². The third kappa shape index (κ3) is 4.37. The lowest BCUT2D eigenvalue weighted by atomic mass is 10.2. The van der Waals surface area contributed by atoms with Crippen molar-refractivity contribution in [3.05, 3.63) is 63.6 Å². The maximum atomic E-state index is 12.4. The van der Waals surface area contributed by atoms with Gasteiger partial charge >= 0.3 is 5.97 Å². The summed E-state index contributed by atoms with van der Waals surface area (Å²) in [5.74, 6) is -1.06. The molecule has 0 saturated heterocycles. The number of para-hydroxylation sites is 1. The smallest absolute Gasteiger partial charge is 0.339 e. The Labute approximate surface area is 144 Å². The molecule has 8 heteroatoms. The molecule has 0 atom stereocenters. The molecule has 1 N–H and O–H groups in total. The molecule has 122 valence electrons. The van der Waals surface area contributed by atoms with Crippen molar-refractivity contribution >= 4 is 44.9 Å². The van der Waals surface area contributed by atoms with Crippen molar-refractivity contribution in [3.63, 3.8) is 0 Å². The molecular formula is C15H13Cl2NO4S. The maximum absolute atomic E-state index is 12.4. The van der Waals surface area contributed by atoms with E-state index < -0.39 is 21.7 Å². The second-order valence-electron chi connectivity index (χ2n) is 4.60. The van der Waals surface area contributed by atoms with E-state index >= 15 is 0 Å². The Kier molecular flexibility index (Phi) is 5.51. The molecule has 0 heterocycles. The Morgan fingerprint density at radius 2 is 1.70 bits per heavy atom. The number of nitrogens with one attached hydrogen (secondary N) is 1. The zero-order chi connectivity index (χ0) is 17.0. The van der Waals surface area contributed by atoms with Gasteiger partial charge in [-0.1, -0.05) is 41.4 Å². The van der Waals surface area contributed by atoms with Gasteiger partial charge in [-0.25, -0.2) is 13.2 Å². The number of esters is 1. The molecule has 0 fully saturated rings. The Balaban J connectivity index is 2.31. The van der Waals surface area contributed by atoms with E-state index in [9.17, 15) is 13.2 Å². The summed E-state index contributed by atoms with van der Waals surface area (Å²) in [5, 5.41) is 0.508. The second-order valence-corrected chi connectivity index (χ2v) is 7.14. The number of carbonyl (C=O) groups excluding carboxylic acids is 1. The van der Waals surface area contributed by atoms with Crippen molar-refractivity contribution in [2.75, 3.05) is 11.8 Å². The molecule has 0 saturated carbocycles. The van der Waals surface area contributed by atoms with Crippen LogP contribution >= 0.6 is 23.2 Å². The Morgan fingerprint density at radius 1 is 1.09 bits per heavy atom. The van der Waals surface area contributed by atoms with Gasteiger partial charge in [-0.3, -0.25) is 4.72 Å². The van der Waals surface area contributed by atoms with Crippen LogP contribution in [0.1, 0.15) is 15.9 Å². The normalized spacial score (nSPS) is 11.1. The van der Waals surface area contributed by atoms with E-state index in [1.54, 1.807) is 30.3 Å². The van der Waals surface area contributed by atoms with Crippen LogP contribution in [0.2, 0.25) is 10.0 Å². The number of hydrogen-bond donors (Lipinski definition) is 1. The third-order valence-corrected chi connectivity index (χ3v) is 4.90. The highest BCUT2D eigenvalue weighted by molar-refractivity contribution is 7.91. The zero-order valence-corrected chi connectivity index (χ0v) is 14.4. The molecule has 0 aliphatic rings. The van der Waals surface area contributed by atoms with E-state index in [0.717, 1.165) is 0 Å². The molecule has 2 rings (SSSR count). The zero-order valence-electron chi connectivity index (χ0n) is 12.0. The van der Waals surface area contributed by atoms with E-state index in [1.165, 1.54) is 19.2 Å². The molecule has 2 aromatic rings. The van der Waals surface area contributed by atoms with Gasteiger partial charge in [-0.2, -0.15) is 0 Å². The molecule has 0 aliphatic heterocycles. The quantitative estimate of drug-likeness (QED) is 0.810. The Hall–Kier alpha value is -1.76. The van der Waals surface area contributed by atoms with Crippen LogP contribution in [-0.2, 0) is 20.5 Å². The van der Waals surface area contributed by atoms with E-state index in [-0.39, 0.29) is 21.3 Å². The highest BCUT2D eigenvalue weighted by Gasteiger charge is 2.20. The van der Waals surface area contributed by atoms with Crippen LogP contribution in [0, 0.1) is 0 Å². The number of carbonyl (C=O) groups is 1. The predicted molar refractivity (Wildman–Crippen MR) is 90.5 cm³/mol. The number of sulfonamides is 1. The van der Waals surface area contributed by atoms with Crippen molar-refractivity contribution in [2.45, 2.75) is 5.75 Å². The van der Waals surface area contributed by atoms with Gasteiger partial charge in [0.1, 0.15) is 0 Å². The first-order valence-corrected chi connectivity index (χ1v) is 8.85. The van der Waals surface area contributed by atoms with Crippen LogP contribution in [-0.4, -0.2) is 21.5 Å². The predicted octanol–water partition coefficient (Wildman–Crippen LogP) is 3.72. The number of ether oxygens (including phenoxy) is 1. The van der Waals surface area contributed by atoms with Gasteiger partial charge in [0.2, 0.25) is 10.0 Å². The fourth-order valence-corrected chi connectivity index (χ4v) is 3.89. The van der Waals surface area contributed by atoms with Crippen LogP contribution in [0.4, 0.5) is 5.69 Å². The number of halogens is 2. The fraction of sp³-hybridized carbons (Fsp3) is 0.133. The molecule has 0 aliphatic carbocycles. The second kappa shape index (κ2) is 7.21. The van der Waals surface area contributed by atoms with Crippen LogP contribution in [0.15, 0.2) is 42.5 Å². The van der Waals surface area contributed by atoms with Crippen molar-refractivity contribution < 1.29 is 17.9 Å². The summed E-state index contributed by atoms with van der Waals surface area (Å²) >= 11 is 12.0. The number of rotatable bonds is 5. The largest absolute Gasteiger partial charge is 0.465 e. The van der Waals surface area contributed by atoms with Gasteiger partial charge < -0.3 is 4.74 Å². The minimum Gasteiger partial charge on any atom is -0.465 e. The molecule has 0 unspecified atom stereocenters. The summed E-state index contributed by atoms with van der Waals surface area (Å²) in [6.07, 6.45) is 0. The number of benzene rings is 2. The average molecular weight is 374 g/mol. The SMILES string of the molecule is COC(=O)c1ccccc1NS(=O)(=O)Cc1c(Cl)cccc1Cl. The van der Waals surface area contributed by atoms with Crippen molar-refractivity contribution in [3.8, 4) is 0 Å². The summed E-state index contributed by atoms with van der Waals surface area (Å²) in [6.45, 7) is 0. The third-order valence-electron chi connectivity index (χ3n) is 2.99. The first-order valence-electron chi connectivity index (χ1n) is 6.45. The lowest BCUT2D eigenvalue weighted by Crippen LogP contribution is -2.18. The highest BCUT2D eigenvalue weighted by Crippen LogP contribution is 2.27. The Bertz CT molecular complexity index is 817. The maximum Gasteiger partial charge on any atom is 0.339 e. The summed E-state index contributed by atoms with van der Waals surface area (Å²) in [7, 11) is -2.60. The van der Waals surface area contributed by atoms with Crippen LogP contribution in [0.5, 0.6) is 0 Å². The van der Waals surface area contributed by atoms with Gasteiger partial charge in [-0.05, 0) is 24.3 Å². The number of hydrogen-bond acceptors (Lipinski definition) is 4. The molecule has 23 heavy (non-hydrogen) atoms. The fourth-order valence-electron chi connectivity index (χ4n) is 1.92.